The molecule has 0 radical (unpaired) electrons. The SMILES string of the molecule is CCOC(=O)C1CCN(C2=NC(=O)/C(=C\c3ccc(Br)cc3)S2)CC1. The van der Waals surface area contributed by atoms with Gasteiger partial charge in [-0.1, -0.05) is 28.1 Å². The summed E-state index contributed by atoms with van der Waals surface area (Å²) >= 11 is 4.81. The minimum absolute atomic E-state index is 0.0447. The number of halogens is 1. The molecule has 0 N–H and O–H groups in total. The van der Waals surface area contributed by atoms with Crippen LogP contribution < -0.4 is 0 Å². The molecular formula is C18H19BrN2O3S. The van der Waals surface area contributed by atoms with Crippen molar-refractivity contribution in [2.75, 3.05) is 19.7 Å². The summed E-state index contributed by atoms with van der Waals surface area (Å²) in [6.07, 6.45) is 3.33. The molecule has 0 aromatic heterocycles. The molecule has 1 amide bonds. The first-order chi connectivity index (χ1) is 12.1. The zero-order chi connectivity index (χ0) is 17.8. The number of piperidine rings is 1. The molecule has 2 aliphatic rings. The van der Waals surface area contributed by atoms with Gasteiger partial charge in [-0.3, -0.25) is 9.59 Å². The lowest BCUT2D eigenvalue weighted by atomic mass is 9.97. The van der Waals surface area contributed by atoms with E-state index < -0.39 is 0 Å². The zero-order valence-electron chi connectivity index (χ0n) is 13.9. The summed E-state index contributed by atoms with van der Waals surface area (Å²) in [4.78, 5) is 30.9. The Morgan fingerprint density at radius 2 is 2.04 bits per heavy atom. The third-order valence-electron chi connectivity index (χ3n) is 4.16. The zero-order valence-corrected chi connectivity index (χ0v) is 16.3. The maximum Gasteiger partial charge on any atom is 0.309 e. The molecule has 0 bridgehead atoms. The molecule has 1 aromatic carbocycles. The van der Waals surface area contributed by atoms with Crippen LogP contribution in [0.5, 0.6) is 0 Å². The van der Waals surface area contributed by atoms with E-state index in [1.807, 2.05) is 37.3 Å². The fraction of sp³-hybridized carbons (Fsp3) is 0.389. The van der Waals surface area contributed by atoms with E-state index in [9.17, 15) is 9.59 Å². The Kier molecular flexibility index (Phi) is 5.96. The molecule has 1 aromatic rings. The monoisotopic (exact) mass is 422 g/mol. The summed E-state index contributed by atoms with van der Waals surface area (Å²) in [5.41, 5.74) is 0.969. The van der Waals surface area contributed by atoms with E-state index in [1.54, 1.807) is 0 Å². The van der Waals surface area contributed by atoms with Gasteiger partial charge in [0.05, 0.1) is 17.4 Å². The molecule has 5 nitrogen and oxygen atoms in total. The lowest BCUT2D eigenvalue weighted by Crippen LogP contribution is -2.39. The predicted molar refractivity (Wildman–Crippen MR) is 103 cm³/mol. The quantitative estimate of drug-likeness (QED) is 0.548. The Labute approximate surface area is 159 Å². The highest BCUT2D eigenvalue weighted by Crippen LogP contribution is 2.32. The van der Waals surface area contributed by atoms with Gasteiger partial charge in [0.2, 0.25) is 0 Å². The van der Waals surface area contributed by atoms with Gasteiger partial charge < -0.3 is 9.64 Å². The molecule has 0 spiro atoms. The highest BCUT2D eigenvalue weighted by molar-refractivity contribution is 9.10. The largest absolute Gasteiger partial charge is 0.466 e. The van der Waals surface area contributed by atoms with Gasteiger partial charge in [0.25, 0.3) is 5.91 Å². The van der Waals surface area contributed by atoms with Crippen molar-refractivity contribution < 1.29 is 14.3 Å². The summed E-state index contributed by atoms with van der Waals surface area (Å²) in [5.74, 6) is -0.359. The second-order valence-corrected chi connectivity index (χ2v) is 7.80. The van der Waals surface area contributed by atoms with Gasteiger partial charge in [-0.25, -0.2) is 0 Å². The van der Waals surface area contributed by atoms with Crippen LogP contribution >= 0.6 is 27.7 Å². The van der Waals surface area contributed by atoms with E-state index in [1.165, 1.54) is 11.8 Å². The number of thioether (sulfide) groups is 1. The highest BCUT2D eigenvalue weighted by Gasteiger charge is 2.31. The molecule has 25 heavy (non-hydrogen) atoms. The van der Waals surface area contributed by atoms with Gasteiger partial charge in [-0.15, -0.1) is 0 Å². The van der Waals surface area contributed by atoms with Crippen LogP contribution in [0.4, 0.5) is 0 Å². The van der Waals surface area contributed by atoms with Crippen LogP contribution in [0, 0.1) is 5.92 Å². The van der Waals surface area contributed by atoms with Gasteiger partial charge in [-0.05, 0) is 55.3 Å². The van der Waals surface area contributed by atoms with E-state index in [0.29, 0.717) is 24.6 Å². The highest BCUT2D eigenvalue weighted by atomic mass is 79.9. The standard InChI is InChI=1S/C18H19BrN2O3S/c1-2-24-17(23)13-7-9-21(10-8-13)18-20-16(22)15(25-18)11-12-3-5-14(19)6-4-12/h3-6,11,13H,2,7-10H2,1H3/b15-11+. The maximum atomic E-state index is 12.2. The molecule has 2 aliphatic heterocycles. The molecular weight excluding hydrogens is 404 g/mol. The fourth-order valence-corrected chi connectivity index (χ4v) is 4.04. The number of amidine groups is 1. The molecule has 2 heterocycles. The molecule has 0 aliphatic carbocycles. The average molecular weight is 423 g/mol. The van der Waals surface area contributed by atoms with Crippen molar-refractivity contribution in [1.29, 1.82) is 0 Å². The van der Waals surface area contributed by atoms with Gasteiger partial charge >= 0.3 is 5.97 Å². The summed E-state index contributed by atoms with van der Waals surface area (Å²) in [6.45, 7) is 3.67. The van der Waals surface area contributed by atoms with E-state index in [4.69, 9.17) is 4.74 Å². The number of carbonyl (C=O) groups excluding carboxylic acids is 2. The number of nitrogens with zero attached hydrogens (tertiary/aromatic N) is 2. The topological polar surface area (TPSA) is 59.0 Å². The smallest absolute Gasteiger partial charge is 0.309 e. The number of amides is 1. The minimum atomic E-state index is -0.199. The van der Waals surface area contributed by atoms with Crippen molar-refractivity contribution >= 4 is 50.8 Å². The van der Waals surface area contributed by atoms with Gasteiger partial charge in [-0.2, -0.15) is 4.99 Å². The number of benzene rings is 1. The Bertz CT molecular complexity index is 722. The van der Waals surface area contributed by atoms with Gasteiger partial charge in [0, 0.05) is 17.6 Å². The molecule has 3 rings (SSSR count). The number of carbonyl (C=O) groups is 2. The first kappa shape index (κ1) is 18.2. The Morgan fingerprint density at radius 1 is 1.36 bits per heavy atom. The van der Waals surface area contributed by atoms with Crippen LogP contribution in [-0.4, -0.2) is 41.6 Å². The summed E-state index contributed by atoms with van der Waals surface area (Å²) in [5, 5.41) is 0.732. The second-order valence-electron chi connectivity index (χ2n) is 5.88. The molecule has 0 saturated carbocycles. The number of hydrogen-bond acceptors (Lipinski definition) is 5. The molecule has 7 heteroatoms. The average Bonchev–Trinajstić information content (AvgIpc) is 2.98. The molecule has 0 atom stereocenters. The van der Waals surface area contributed by atoms with Crippen LogP contribution in [-0.2, 0) is 14.3 Å². The first-order valence-electron chi connectivity index (χ1n) is 8.26. The lowest BCUT2D eigenvalue weighted by Gasteiger charge is -2.31. The van der Waals surface area contributed by atoms with Crippen molar-refractivity contribution in [2.45, 2.75) is 19.8 Å². The summed E-state index contributed by atoms with van der Waals surface area (Å²) in [6, 6.07) is 7.79. The number of hydrogen-bond donors (Lipinski definition) is 0. The Morgan fingerprint density at radius 3 is 2.68 bits per heavy atom. The normalized spacial score (nSPS) is 20.1. The summed E-state index contributed by atoms with van der Waals surface area (Å²) < 4.78 is 6.09. The molecule has 132 valence electrons. The molecule has 0 unspecified atom stereocenters. The van der Waals surface area contributed by atoms with Crippen molar-refractivity contribution in [3.63, 3.8) is 0 Å². The van der Waals surface area contributed by atoms with Crippen LogP contribution in [0.1, 0.15) is 25.3 Å². The van der Waals surface area contributed by atoms with Crippen LogP contribution in [0.2, 0.25) is 0 Å². The predicted octanol–water partition coefficient (Wildman–Crippen LogP) is 3.69. The van der Waals surface area contributed by atoms with Crippen molar-refractivity contribution in [2.24, 2.45) is 10.9 Å². The van der Waals surface area contributed by atoms with E-state index >= 15 is 0 Å². The van der Waals surface area contributed by atoms with Crippen LogP contribution in [0.25, 0.3) is 6.08 Å². The molecule has 1 fully saturated rings. The molecule has 1 saturated heterocycles. The Balaban J connectivity index is 1.60. The van der Waals surface area contributed by atoms with E-state index in [0.717, 1.165) is 28.0 Å². The van der Waals surface area contributed by atoms with Gasteiger partial charge in [0.15, 0.2) is 5.17 Å². The maximum absolute atomic E-state index is 12.2. The van der Waals surface area contributed by atoms with E-state index in [2.05, 4.69) is 25.8 Å². The van der Waals surface area contributed by atoms with E-state index in [-0.39, 0.29) is 17.8 Å². The number of rotatable bonds is 3. The second kappa shape index (κ2) is 8.19. The van der Waals surface area contributed by atoms with Crippen LogP contribution in [0.15, 0.2) is 38.6 Å². The third kappa shape index (κ3) is 4.52. The lowest BCUT2D eigenvalue weighted by molar-refractivity contribution is -0.149. The number of esters is 1. The minimum Gasteiger partial charge on any atom is -0.466 e. The van der Waals surface area contributed by atoms with Crippen molar-refractivity contribution in [1.82, 2.24) is 4.90 Å². The fourth-order valence-electron chi connectivity index (χ4n) is 2.81. The number of aliphatic imine (C=N–C) groups is 1. The van der Waals surface area contributed by atoms with Crippen LogP contribution in [0.3, 0.4) is 0 Å². The summed E-state index contributed by atoms with van der Waals surface area (Å²) in [7, 11) is 0. The van der Waals surface area contributed by atoms with Crippen molar-refractivity contribution in [3.05, 3.63) is 39.2 Å². The Hall–Kier alpha value is -1.60. The number of ether oxygens (including phenoxy) is 1. The first-order valence-corrected chi connectivity index (χ1v) is 9.87. The van der Waals surface area contributed by atoms with Crippen molar-refractivity contribution in [3.8, 4) is 0 Å². The van der Waals surface area contributed by atoms with Gasteiger partial charge in [0.1, 0.15) is 0 Å². The third-order valence-corrected chi connectivity index (χ3v) is 5.74. The number of likely N-dealkylation sites (tertiary alicyclic amines) is 1.